The summed E-state index contributed by atoms with van der Waals surface area (Å²) in [5, 5.41) is 0. The van der Waals surface area contributed by atoms with Crippen molar-refractivity contribution in [3.63, 3.8) is 0 Å². The van der Waals surface area contributed by atoms with E-state index in [4.69, 9.17) is 24.9 Å². The van der Waals surface area contributed by atoms with Gasteiger partial charge in [-0.25, -0.2) is 19.7 Å². The second-order valence-electron chi connectivity index (χ2n) is 8.23. The van der Waals surface area contributed by atoms with Gasteiger partial charge in [-0.3, -0.25) is 0 Å². The molecule has 2 fully saturated rings. The van der Waals surface area contributed by atoms with Crippen molar-refractivity contribution in [3.05, 3.63) is 18.5 Å². The standard InChI is InChI=1S/C21H29N7O4/c1-13(2)31-21(29)27(3)15-8-16(9-15)32-18-10-17(14-11-23-19(22)24-12-14)25-20(26-18)28-4-6-30-7-5-28/h10-13,15-16H,4-9H2,1-3H3,(H2,22,23,24). The van der Waals surface area contributed by atoms with Gasteiger partial charge >= 0.3 is 6.09 Å². The lowest BCUT2D eigenvalue weighted by Crippen LogP contribution is -2.50. The zero-order valence-electron chi connectivity index (χ0n) is 18.6. The molecule has 0 bridgehead atoms. The molecule has 1 saturated heterocycles. The number of carbonyl (C=O) groups is 1. The van der Waals surface area contributed by atoms with Crippen LogP contribution in [0.25, 0.3) is 11.3 Å². The quantitative estimate of drug-likeness (QED) is 0.705. The molecule has 2 aromatic rings. The van der Waals surface area contributed by atoms with Crippen LogP contribution in [0.1, 0.15) is 26.7 Å². The molecule has 32 heavy (non-hydrogen) atoms. The van der Waals surface area contributed by atoms with E-state index in [9.17, 15) is 4.79 Å². The smallest absolute Gasteiger partial charge is 0.410 e. The highest BCUT2D eigenvalue weighted by atomic mass is 16.6. The molecular weight excluding hydrogens is 414 g/mol. The van der Waals surface area contributed by atoms with Crippen LogP contribution >= 0.6 is 0 Å². The number of nitrogens with two attached hydrogens (primary N) is 1. The SMILES string of the molecule is CC(C)OC(=O)N(C)C1CC(Oc2cc(-c3cnc(N)nc3)nc(N3CCOCC3)n2)C1. The summed E-state index contributed by atoms with van der Waals surface area (Å²) in [6, 6.07) is 1.86. The zero-order chi connectivity index (χ0) is 22.7. The number of amides is 1. The second kappa shape index (κ2) is 9.51. The fourth-order valence-electron chi connectivity index (χ4n) is 3.55. The van der Waals surface area contributed by atoms with E-state index in [2.05, 4.69) is 19.9 Å². The molecule has 11 heteroatoms. The molecule has 2 N–H and O–H groups in total. The zero-order valence-corrected chi connectivity index (χ0v) is 18.6. The lowest BCUT2D eigenvalue weighted by atomic mass is 9.88. The van der Waals surface area contributed by atoms with Crippen molar-refractivity contribution in [2.45, 2.75) is 44.9 Å². The summed E-state index contributed by atoms with van der Waals surface area (Å²) >= 11 is 0. The van der Waals surface area contributed by atoms with E-state index in [0.29, 0.717) is 56.7 Å². The maximum absolute atomic E-state index is 12.1. The minimum absolute atomic E-state index is 0.0442. The number of anilines is 2. The van der Waals surface area contributed by atoms with Gasteiger partial charge in [-0.15, -0.1) is 0 Å². The van der Waals surface area contributed by atoms with E-state index in [1.54, 1.807) is 30.4 Å². The summed E-state index contributed by atoms with van der Waals surface area (Å²) in [4.78, 5) is 33.3. The van der Waals surface area contributed by atoms with Crippen LogP contribution < -0.4 is 15.4 Å². The Hall–Kier alpha value is -3.21. The van der Waals surface area contributed by atoms with Crippen LogP contribution in [-0.2, 0) is 9.47 Å². The van der Waals surface area contributed by atoms with Gasteiger partial charge in [0, 0.05) is 63.0 Å². The van der Waals surface area contributed by atoms with Crippen molar-refractivity contribution >= 4 is 18.0 Å². The second-order valence-corrected chi connectivity index (χ2v) is 8.23. The van der Waals surface area contributed by atoms with Crippen molar-refractivity contribution in [2.75, 3.05) is 44.0 Å². The van der Waals surface area contributed by atoms with Crippen molar-refractivity contribution in [1.82, 2.24) is 24.8 Å². The molecule has 11 nitrogen and oxygen atoms in total. The average molecular weight is 444 g/mol. The molecule has 172 valence electrons. The number of hydrogen-bond donors (Lipinski definition) is 1. The van der Waals surface area contributed by atoms with Crippen LogP contribution in [0.2, 0.25) is 0 Å². The number of morpholine rings is 1. The monoisotopic (exact) mass is 443 g/mol. The predicted molar refractivity (Wildman–Crippen MR) is 117 cm³/mol. The normalized spacial score (nSPS) is 20.6. The molecule has 1 aliphatic heterocycles. The molecule has 0 spiro atoms. The van der Waals surface area contributed by atoms with Gasteiger partial charge in [-0.1, -0.05) is 0 Å². The number of rotatable bonds is 6. The Morgan fingerprint density at radius 1 is 1.22 bits per heavy atom. The van der Waals surface area contributed by atoms with Gasteiger partial charge in [0.05, 0.1) is 25.0 Å². The Bertz CT molecular complexity index is 928. The molecule has 0 radical (unpaired) electrons. The van der Waals surface area contributed by atoms with Crippen LogP contribution in [0.4, 0.5) is 16.7 Å². The van der Waals surface area contributed by atoms with Crippen LogP contribution in [0, 0.1) is 0 Å². The van der Waals surface area contributed by atoms with Crippen molar-refractivity contribution < 1.29 is 19.0 Å². The number of hydrogen-bond acceptors (Lipinski definition) is 10. The third-order valence-corrected chi connectivity index (χ3v) is 5.48. The number of aromatic nitrogens is 4. The number of ether oxygens (including phenoxy) is 3. The van der Waals surface area contributed by atoms with Crippen LogP contribution in [0.5, 0.6) is 5.88 Å². The lowest BCUT2D eigenvalue weighted by Gasteiger charge is -2.40. The first-order valence-electron chi connectivity index (χ1n) is 10.8. The Balaban J connectivity index is 1.47. The van der Waals surface area contributed by atoms with Gasteiger partial charge in [0.25, 0.3) is 0 Å². The molecule has 2 aromatic heterocycles. The lowest BCUT2D eigenvalue weighted by molar-refractivity contribution is 0.0123. The number of nitrogen functional groups attached to an aromatic ring is 1. The third kappa shape index (κ3) is 5.16. The number of nitrogens with zero attached hydrogens (tertiary/aromatic N) is 6. The molecule has 0 atom stereocenters. The Morgan fingerprint density at radius 2 is 1.91 bits per heavy atom. The van der Waals surface area contributed by atoms with E-state index in [0.717, 1.165) is 5.56 Å². The molecular formula is C21H29N7O4. The fourth-order valence-corrected chi connectivity index (χ4v) is 3.55. The van der Waals surface area contributed by atoms with E-state index in [-0.39, 0.29) is 30.3 Å². The molecule has 2 aliphatic rings. The Morgan fingerprint density at radius 3 is 2.56 bits per heavy atom. The molecule has 0 aromatic carbocycles. The number of carbonyl (C=O) groups excluding carboxylic acids is 1. The maximum Gasteiger partial charge on any atom is 0.410 e. The largest absolute Gasteiger partial charge is 0.474 e. The first kappa shape index (κ1) is 22.0. The summed E-state index contributed by atoms with van der Waals surface area (Å²) < 4.78 is 16.9. The topological polar surface area (TPSA) is 129 Å². The Kier molecular flexibility index (Phi) is 6.54. The van der Waals surface area contributed by atoms with Gasteiger partial charge in [-0.05, 0) is 13.8 Å². The maximum atomic E-state index is 12.1. The van der Waals surface area contributed by atoms with Gasteiger partial charge in [0.1, 0.15) is 6.10 Å². The van der Waals surface area contributed by atoms with E-state index < -0.39 is 0 Å². The van der Waals surface area contributed by atoms with Gasteiger partial charge < -0.3 is 29.7 Å². The van der Waals surface area contributed by atoms with Crippen LogP contribution in [0.15, 0.2) is 18.5 Å². The summed E-state index contributed by atoms with van der Waals surface area (Å²) in [7, 11) is 1.76. The summed E-state index contributed by atoms with van der Waals surface area (Å²) in [5.41, 5.74) is 7.00. The van der Waals surface area contributed by atoms with Crippen molar-refractivity contribution in [1.29, 1.82) is 0 Å². The third-order valence-electron chi connectivity index (χ3n) is 5.48. The summed E-state index contributed by atoms with van der Waals surface area (Å²) in [6.07, 6.45) is 4.18. The van der Waals surface area contributed by atoms with Gasteiger partial charge in [0.15, 0.2) is 0 Å². The molecule has 1 amide bonds. The van der Waals surface area contributed by atoms with E-state index in [1.807, 2.05) is 13.8 Å². The molecule has 1 aliphatic carbocycles. The fraction of sp³-hybridized carbons (Fsp3) is 0.571. The highest BCUT2D eigenvalue weighted by molar-refractivity contribution is 5.68. The molecule has 1 saturated carbocycles. The van der Waals surface area contributed by atoms with Crippen LogP contribution in [0.3, 0.4) is 0 Å². The van der Waals surface area contributed by atoms with E-state index >= 15 is 0 Å². The minimum Gasteiger partial charge on any atom is -0.474 e. The minimum atomic E-state index is -0.314. The molecule has 4 rings (SSSR count). The van der Waals surface area contributed by atoms with Crippen molar-refractivity contribution in [2.24, 2.45) is 0 Å². The van der Waals surface area contributed by atoms with E-state index in [1.165, 1.54) is 0 Å². The molecule has 0 unspecified atom stereocenters. The summed E-state index contributed by atoms with van der Waals surface area (Å²) in [5.74, 6) is 1.25. The highest BCUT2D eigenvalue weighted by Gasteiger charge is 2.37. The van der Waals surface area contributed by atoms with Gasteiger partial charge in [-0.2, -0.15) is 4.98 Å². The first-order chi connectivity index (χ1) is 15.4. The average Bonchev–Trinajstić information content (AvgIpc) is 2.76. The predicted octanol–water partition coefficient (Wildman–Crippen LogP) is 1.74. The summed E-state index contributed by atoms with van der Waals surface area (Å²) in [6.45, 7) is 6.33. The van der Waals surface area contributed by atoms with Crippen LogP contribution in [-0.4, -0.2) is 82.5 Å². The Labute approximate surface area is 186 Å². The van der Waals surface area contributed by atoms with Gasteiger partial charge in [0.2, 0.25) is 17.8 Å². The highest BCUT2D eigenvalue weighted by Crippen LogP contribution is 2.31. The van der Waals surface area contributed by atoms with Crippen molar-refractivity contribution in [3.8, 4) is 17.1 Å². The molecule has 3 heterocycles. The first-order valence-corrected chi connectivity index (χ1v) is 10.8.